The summed E-state index contributed by atoms with van der Waals surface area (Å²) in [6.07, 6.45) is 0. The van der Waals surface area contributed by atoms with Crippen LogP contribution in [0, 0.1) is 5.92 Å². The van der Waals surface area contributed by atoms with Gasteiger partial charge in [0.1, 0.15) is 11.5 Å². The number of hydrogen-bond donors (Lipinski definition) is 2. The van der Waals surface area contributed by atoms with E-state index in [1.165, 1.54) is 0 Å². The number of hydrogen-bond acceptors (Lipinski definition) is 3. The summed E-state index contributed by atoms with van der Waals surface area (Å²) >= 11 is 0. The number of amides is 1. The molecule has 0 spiro atoms. The Morgan fingerprint density at radius 3 is 2.72 bits per heavy atom. The molecule has 2 aromatic carbocycles. The molecule has 18 heavy (non-hydrogen) atoms. The van der Waals surface area contributed by atoms with Gasteiger partial charge in [-0.25, -0.2) is 0 Å². The molecule has 4 nitrogen and oxygen atoms in total. The van der Waals surface area contributed by atoms with E-state index in [4.69, 9.17) is 10.5 Å². The number of primary amides is 1. The average molecular weight is 245 g/mol. The second-order valence-corrected chi connectivity index (χ2v) is 4.31. The van der Waals surface area contributed by atoms with Crippen molar-refractivity contribution in [2.45, 2.75) is 6.92 Å². The zero-order chi connectivity index (χ0) is 13.1. The number of nitrogens with two attached hydrogens (primary N) is 1. The third-order valence-corrected chi connectivity index (χ3v) is 2.78. The van der Waals surface area contributed by atoms with E-state index in [2.05, 4.69) is 0 Å². The molecule has 0 radical (unpaired) electrons. The molecule has 0 saturated heterocycles. The van der Waals surface area contributed by atoms with Crippen molar-refractivity contribution in [2.24, 2.45) is 11.7 Å². The van der Waals surface area contributed by atoms with Crippen molar-refractivity contribution in [2.75, 3.05) is 6.61 Å². The van der Waals surface area contributed by atoms with Gasteiger partial charge in [-0.05, 0) is 35.0 Å². The number of phenols is 1. The molecular formula is C14H15NO3. The van der Waals surface area contributed by atoms with Crippen LogP contribution in [-0.2, 0) is 4.79 Å². The maximum Gasteiger partial charge on any atom is 0.223 e. The van der Waals surface area contributed by atoms with Crippen LogP contribution >= 0.6 is 0 Å². The van der Waals surface area contributed by atoms with Gasteiger partial charge in [0.05, 0.1) is 12.5 Å². The summed E-state index contributed by atoms with van der Waals surface area (Å²) in [6, 6.07) is 10.7. The van der Waals surface area contributed by atoms with Crippen LogP contribution in [0.25, 0.3) is 10.8 Å². The first-order valence-electron chi connectivity index (χ1n) is 5.71. The van der Waals surface area contributed by atoms with Gasteiger partial charge in [-0.2, -0.15) is 0 Å². The number of carbonyl (C=O) groups is 1. The highest BCUT2D eigenvalue weighted by Crippen LogP contribution is 2.24. The van der Waals surface area contributed by atoms with Gasteiger partial charge in [0.2, 0.25) is 5.91 Å². The fourth-order valence-corrected chi connectivity index (χ4v) is 1.61. The Bertz CT molecular complexity index is 580. The molecule has 0 bridgehead atoms. The summed E-state index contributed by atoms with van der Waals surface area (Å²) in [5.41, 5.74) is 5.16. The number of rotatable bonds is 4. The number of carbonyl (C=O) groups excluding carboxylic acids is 1. The zero-order valence-electron chi connectivity index (χ0n) is 10.1. The van der Waals surface area contributed by atoms with Gasteiger partial charge in [0.15, 0.2) is 0 Å². The lowest BCUT2D eigenvalue weighted by atomic mass is 10.1. The molecule has 1 unspecified atom stereocenters. The first-order chi connectivity index (χ1) is 8.56. The lowest BCUT2D eigenvalue weighted by Gasteiger charge is -2.10. The standard InChI is InChI=1S/C14H15NO3/c1-9(14(15)17)8-18-13-5-3-10-2-4-12(16)6-11(10)7-13/h2-7,9,16H,8H2,1H3,(H2,15,17). The maximum atomic E-state index is 10.9. The molecule has 3 N–H and O–H groups in total. The highest BCUT2D eigenvalue weighted by molar-refractivity contribution is 5.85. The second-order valence-electron chi connectivity index (χ2n) is 4.31. The molecule has 0 aliphatic rings. The summed E-state index contributed by atoms with van der Waals surface area (Å²) in [4.78, 5) is 10.9. The largest absolute Gasteiger partial charge is 0.508 e. The monoisotopic (exact) mass is 245 g/mol. The Morgan fingerprint density at radius 1 is 1.28 bits per heavy atom. The topological polar surface area (TPSA) is 72.6 Å². The van der Waals surface area contributed by atoms with Gasteiger partial charge >= 0.3 is 0 Å². The van der Waals surface area contributed by atoms with Crippen LogP contribution < -0.4 is 10.5 Å². The Labute approximate surface area is 105 Å². The van der Waals surface area contributed by atoms with Crippen molar-refractivity contribution in [3.63, 3.8) is 0 Å². The second kappa shape index (κ2) is 4.96. The van der Waals surface area contributed by atoms with Crippen molar-refractivity contribution >= 4 is 16.7 Å². The van der Waals surface area contributed by atoms with Crippen LogP contribution in [0.15, 0.2) is 36.4 Å². The first kappa shape index (κ1) is 12.2. The van der Waals surface area contributed by atoms with Crippen LogP contribution in [-0.4, -0.2) is 17.6 Å². The quantitative estimate of drug-likeness (QED) is 0.865. The van der Waals surface area contributed by atoms with E-state index in [0.29, 0.717) is 5.75 Å². The zero-order valence-corrected chi connectivity index (χ0v) is 10.1. The van der Waals surface area contributed by atoms with E-state index >= 15 is 0 Å². The van der Waals surface area contributed by atoms with E-state index in [1.807, 2.05) is 24.3 Å². The lowest BCUT2D eigenvalue weighted by molar-refractivity contribution is -0.122. The SMILES string of the molecule is CC(COc1ccc2ccc(O)cc2c1)C(N)=O. The predicted molar refractivity (Wildman–Crippen MR) is 69.5 cm³/mol. The highest BCUT2D eigenvalue weighted by Gasteiger charge is 2.09. The van der Waals surface area contributed by atoms with E-state index < -0.39 is 0 Å². The Kier molecular flexibility index (Phi) is 3.37. The van der Waals surface area contributed by atoms with E-state index in [0.717, 1.165) is 10.8 Å². The summed E-state index contributed by atoms with van der Waals surface area (Å²) in [5, 5.41) is 11.3. The smallest absolute Gasteiger partial charge is 0.223 e. The van der Waals surface area contributed by atoms with Gasteiger partial charge in [-0.3, -0.25) is 4.79 Å². The van der Waals surface area contributed by atoms with Crippen LogP contribution in [0.3, 0.4) is 0 Å². The molecule has 0 aromatic heterocycles. The van der Waals surface area contributed by atoms with Gasteiger partial charge < -0.3 is 15.6 Å². The molecule has 4 heteroatoms. The minimum Gasteiger partial charge on any atom is -0.508 e. The molecule has 0 heterocycles. The van der Waals surface area contributed by atoms with Crippen molar-refractivity contribution in [3.8, 4) is 11.5 Å². The molecule has 2 aromatic rings. The number of ether oxygens (including phenoxy) is 1. The Hall–Kier alpha value is -2.23. The molecule has 0 saturated carbocycles. The van der Waals surface area contributed by atoms with Gasteiger partial charge in [-0.1, -0.05) is 19.1 Å². The third kappa shape index (κ3) is 2.71. The maximum absolute atomic E-state index is 10.9. The number of phenolic OH excluding ortho intramolecular Hbond substituents is 1. The summed E-state index contributed by atoms with van der Waals surface area (Å²) < 4.78 is 5.49. The molecule has 2 rings (SSSR count). The lowest BCUT2D eigenvalue weighted by Crippen LogP contribution is -2.25. The first-order valence-corrected chi connectivity index (χ1v) is 5.71. The van der Waals surface area contributed by atoms with Crippen LogP contribution in [0.1, 0.15) is 6.92 Å². The number of fused-ring (bicyclic) bond motifs is 1. The van der Waals surface area contributed by atoms with Gasteiger partial charge in [0.25, 0.3) is 0 Å². The predicted octanol–water partition coefficient (Wildman–Crippen LogP) is 2.05. The Balaban J connectivity index is 2.17. The van der Waals surface area contributed by atoms with Crippen molar-refractivity contribution in [1.82, 2.24) is 0 Å². The third-order valence-electron chi connectivity index (χ3n) is 2.78. The summed E-state index contributed by atoms with van der Waals surface area (Å²) in [5.74, 6) is 0.157. The van der Waals surface area contributed by atoms with E-state index in [9.17, 15) is 9.90 Å². The molecule has 94 valence electrons. The van der Waals surface area contributed by atoms with Crippen molar-refractivity contribution in [3.05, 3.63) is 36.4 Å². The summed E-state index contributed by atoms with van der Waals surface area (Å²) in [7, 11) is 0. The number of benzene rings is 2. The van der Waals surface area contributed by atoms with Crippen LogP contribution in [0.4, 0.5) is 0 Å². The summed E-state index contributed by atoms with van der Waals surface area (Å²) in [6.45, 7) is 1.97. The molecular weight excluding hydrogens is 230 g/mol. The van der Waals surface area contributed by atoms with Crippen molar-refractivity contribution in [1.29, 1.82) is 0 Å². The average Bonchev–Trinajstić information content (AvgIpc) is 2.35. The van der Waals surface area contributed by atoms with Gasteiger partial charge in [0, 0.05) is 0 Å². The van der Waals surface area contributed by atoms with Crippen LogP contribution in [0.5, 0.6) is 11.5 Å². The minimum absolute atomic E-state index is 0.213. The molecule has 1 atom stereocenters. The number of aromatic hydroxyl groups is 1. The minimum atomic E-state index is -0.381. The van der Waals surface area contributed by atoms with Crippen molar-refractivity contribution < 1.29 is 14.6 Å². The van der Waals surface area contributed by atoms with Crippen LogP contribution in [0.2, 0.25) is 0 Å². The Morgan fingerprint density at radius 2 is 2.00 bits per heavy atom. The van der Waals surface area contributed by atoms with E-state index in [1.54, 1.807) is 19.1 Å². The molecule has 1 amide bonds. The molecule has 0 fully saturated rings. The van der Waals surface area contributed by atoms with E-state index in [-0.39, 0.29) is 24.2 Å². The molecule has 0 aliphatic carbocycles. The normalized spacial score (nSPS) is 12.3. The van der Waals surface area contributed by atoms with Gasteiger partial charge in [-0.15, -0.1) is 0 Å². The highest BCUT2D eigenvalue weighted by atomic mass is 16.5. The fraction of sp³-hybridized carbons (Fsp3) is 0.214. The fourth-order valence-electron chi connectivity index (χ4n) is 1.61. The molecule has 0 aliphatic heterocycles.